The zero-order valence-corrected chi connectivity index (χ0v) is 24.1. The Balaban J connectivity index is 3.39. The van der Waals surface area contributed by atoms with Gasteiger partial charge in [0.1, 0.15) is 13.2 Å². The van der Waals surface area contributed by atoms with Crippen LogP contribution in [0.3, 0.4) is 0 Å². The van der Waals surface area contributed by atoms with E-state index in [0.29, 0.717) is 18.7 Å². The summed E-state index contributed by atoms with van der Waals surface area (Å²) >= 11 is 0. The number of carbonyl (C=O) groups excluding carboxylic acids is 2. The number of carbonyl (C=O) groups is 2. The van der Waals surface area contributed by atoms with Gasteiger partial charge in [0.15, 0.2) is 0 Å². The number of amides is 2. The Morgan fingerprint density at radius 3 is 1.36 bits per heavy atom. The highest BCUT2D eigenvalue weighted by atomic mass is 16.6. The summed E-state index contributed by atoms with van der Waals surface area (Å²) in [7, 11) is 6.16. The van der Waals surface area contributed by atoms with Crippen LogP contribution in [0.5, 0.6) is 0 Å². The number of likely N-dealkylation sites (N-methyl/N-ethyl adjacent to an activating group) is 1. The lowest BCUT2D eigenvalue weighted by Crippen LogP contribution is -2.42. The third-order valence-corrected chi connectivity index (χ3v) is 6.17. The van der Waals surface area contributed by atoms with Crippen LogP contribution >= 0.6 is 0 Å². The molecule has 2 amide bonds. The number of nitrogens with one attached hydrogen (secondary N) is 2. The number of ether oxygens (including phenoxy) is 2. The second-order valence-corrected chi connectivity index (χ2v) is 11.1. The minimum atomic E-state index is -0.488. The fourth-order valence-corrected chi connectivity index (χ4v) is 3.84. The molecular formula is C29H58N3O4+. The largest absolute Gasteiger partial charge is 0.445 e. The van der Waals surface area contributed by atoms with Gasteiger partial charge in [-0.3, -0.25) is 0 Å². The summed E-state index contributed by atoms with van der Waals surface area (Å²) in [4.78, 5) is 23.4. The van der Waals surface area contributed by atoms with Crippen LogP contribution in [0.2, 0.25) is 0 Å². The summed E-state index contributed by atoms with van der Waals surface area (Å²) in [5.41, 5.74) is 0.536. The molecule has 0 saturated heterocycles. The van der Waals surface area contributed by atoms with Gasteiger partial charge in [-0.1, -0.05) is 110 Å². The van der Waals surface area contributed by atoms with E-state index in [1.807, 2.05) is 0 Å². The van der Waals surface area contributed by atoms with E-state index in [-0.39, 0.29) is 13.2 Å². The van der Waals surface area contributed by atoms with Crippen LogP contribution in [0.25, 0.3) is 0 Å². The van der Waals surface area contributed by atoms with Crippen LogP contribution in [0.1, 0.15) is 110 Å². The molecule has 0 saturated carbocycles. The highest BCUT2D eigenvalue weighted by molar-refractivity contribution is 5.68. The number of hydrogen-bond acceptors (Lipinski definition) is 4. The molecule has 36 heavy (non-hydrogen) atoms. The fourth-order valence-electron chi connectivity index (χ4n) is 3.84. The molecule has 0 aromatic heterocycles. The van der Waals surface area contributed by atoms with Gasteiger partial charge in [0.05, 0.1) is 34.2 Å². The van der Waals surface area contributed by atoms with Crippen LogP contribution in [0.4, 0.5) is 9.59 Å². The van der Waals surface area contributed by atoms with Gasteiger partial charge in [0.2, 0.25) is 0 Å². The number of nitrogens with zero attached hydrogens (tertiary/aromatic N) is 1. The third-order valence-electron chi connectivity index (χ3n) is 6.17. The molecule has 2 N–H and O–H groups in total. The minimum absolute atomic E-state index is 0.0304. The van der Waals surface area contributed by atoms with Gasteiger partial charge in [0.25, 0.3) is 0 Å². The third kappa shape index (κ3) is 26.8. The van der Waals surface area contributed by atoms with Crippen molar-refractivity contribution < 1.29 is 23.5 Å². The van der Waals surface area contributed by atoms with Crippen LogP contribution in [0.15, 0.2) is 12.2 Å². The molecule has 0 aromatic carbocycles. The molecule has 0 aromatic rings. The first kappa shape index (κ1) is 34.2. The maximum Gasteiger partial charge on any atom is 0.407 e. The van der Waals surface area contributed by atoms with Gasteiger partial charge in [-0.25, -0.2) is 9.59 Å². The normalized spacial score (nSPS) is 11.2. The molecular weight excluding hydrogens is 454 g/mol. The van der Waals surface area contributed by atoms with Crippen molar-refractivity contribution in [1.82, 2.24) is 10.6 Å². The topological polar surface area (TPSA) is 76.7 Å². The first-order valence-corrected chi connectivity index (χ1v) is 14.5. The van der Waals surface area contributed by atoms with E-state index in [1.54, 1.807) is 0 Å². The lowest BCUT2D eigenvalue weighted by Gasteiger charge is -2.23. The molecule has 0 fully saturated rings. The zero-order valence-electron chi connectivity index (χ0n) is 24.1. The molecule has 0 spiro atoms. The Labute approximate surface area is 222 Å². The smallest absolute Gasteiger partial charge is 0.407 e. The fraction of sp³-hybridized carbons (Fsp3) is 0.862. The monoisotopic (exact) mass is 512 g/mol. The molecule has 0 aliphatic carbocycles. The van der Waals surface area contributed by atoms with Gasteiger partial charge in [-0.2, -0.15) is 0 Å². The summed E-state index contributed by atoms with van der Waals surface area (Å²) in [6, 6.07) is 0. The number of rotatable bonds is 24. The molecule has 7 heteroatoms. The SMILES string of the molecule is C=C(COC(=O)NCCCCCCCCCCCCCCCCCC)COC(=O)NCC[N+](C)(C)C. The maximum atomic E-state index is 11.8. The Morgan fingerprint density at radius 1 is 0.611 bits per heavy atom. The minimum Gasteiger partial charge on any atom is -0.445 e. The van der Waals surface area contributed by atoms with Gasteiger partial charge in [-0.05, 0) is 12.0 Å². The molecule has 0 unspecified atom stereocenters. The van der Waals surface area contributed by atoms with Crippen molar-refractivity contribution in [2.45, 2.75) is 110 Å². The van der Waals surface area contributed by atoms with E-state index in [4.69, 9.17) is 9.47 Å². The first-order chi connectivity index (χ1) is 17.2. The van der Waals surface area contributed by atoms with Gasteiger partial charge < -0.3 is 24.6 Å². The summed E-state index contributed by atoms with van der Waals surface area (Å²) in [5, 5.41) is 5.47. The van der Waals surface area contributed by atoms with Gasteiger partial charge in [-0.15, -0.1) is 0 Å². The number of hydrogen-bond donors (Lipinski definition) is 2. The standard InChI is InChI=1S/C29H57N3O4/c1-6-7-8-9-10-11-12-13-14-15-16-17-18-19-20-21-22-30-28(33)35-25-27(2)26-36-29(34)31-23-24-32(3,4)5/h2,6-26H2,1,3-5H3,(H-,30,31,33,34)/p+1. The highest BCUT2D eigenvalue weighted by Crippen LogP contribution is 2.13. The van der Waals surface area contributed by atoms with E-state index >= 15 is 0 Å². The number of unbranched alkanes of at least 4 members (excludes halogenated alkanes) is 15. The Hall–Kier alpha value is -1.76. The molecule has 0 aliphatic rings. The molecule has 0 atom stereocenters. The van der Waals surface area contributed by atoms with E-state index < -0.39 is 12.2 Å². The van der Waals surface area contributed by atoms with Crippen LogP contribution < -0.4 is 10.6 Å². The average molecular weight is 513 g/mol. The second-order valence-electron chi connectivity index (χ2n) is 11.1. The van der Waals surface area contributed by atoms with E-state index in [0.717, 1.165) is 23.9 Å². The summed E-state index contributed by atoms with van der Waals surface area (Å²) in [6.07, 6.45) is 20.3. The van der Waals surface area contributed by atoms with Gasteiger partial charge in [0, 0.05) is 6.54 Å². The quantitative estimate of drug-likeness (QED) is 0.0832. The molecule has 0 rings (SSSR count). The van der Waals surface area contributed by atoms with Crippen LogP contribution in [-0.4, -0.2) is 70.7 Å². The Bertz CT molecular complexity index is 561. The molecule has 7 nitrogen and oxygen atoms in total. The van der Waals surface area contributed by atoms with Crippen molar-refractivity contribution in [3.8, 4) is 0 Å². The van der Waals surface area contributed by atoms with Crippen molar-refractivity contribution in [1.29, 1.82) is 0 Å². The summed E-state index contributed by atoms with van der Waals surface area (Å²) < 4.78 is 11.0. The van der Waals surface area contributed by atoms with Crippen molar-refractivity contribution >= 4 is 12.2 Å². The molecule has 0 radical (unpaired) electrons. The van der Waals surface area contributed by atoms with Crippen molar-refractivity contribution in [2.75, 3.05) is 54.0 Å². The van der Waals surface area contributed by atoms with E-state index in [2.05, 4.69) is 45.3 Å². The van der Waals surface area contributed by atoms with Crippen molar-refractivity contribution in [3.05, 3.63) is 12.2 Å². The first-order valence-electron chi connectivity index (χ1n) is 14.5. The number of quaternary nitrogens is 1. The molecule has 0 aliphatic heterocycles. The predicted octanol–water partition coefficient (Wildman–Crippen LogP) is 6.96. The summed E-state index contributed by atoms with van der Waals surface area (Å²) in [6.45, 7) is 8.09. The predicted molar refractivity (Wildman–Crippen MR) is 150 cm³/mol. The van der Waals surface area contributed by atoms with Crippen molar-refractivity contribution in [3.63, 3.8) is 0 Å². The number of alkyl carbamates (subject to hydrolysis) is 2. The molecule has 0 heterocycles. The average Bonchev–Trinajstić information content (AvgIpc) is 2.82. The second kappa shape index (κ2) is 23.6. The van der Waals surface area contributed by atoms with E-state index in [1.165, 1.54) is 89.9 Å². The lowest BCUT2D eigenvalue weighted by atomic mass is 10.0. The van der Waals surface area contributed by atoms with Gasteiger partial charge >= 0.3 is 12.2 Å². The summed E-state index contributed by atoms with van der Waals surface area (Å²) in [5.74, 6) is 0. The lowest BCUT2D eigenvalue weighted by molar-refractivity contribution is -0.869. The van der Waals surface area contributed by atoms with Crippen molar-refractivity contribution in [2.24, 2.45) is 0 Å². The van der Waals surface area contributed by atoms with Crippen LogP contribution in [0, 0.1) is 0 Å². The Morgan fingerprint density at radius 2 is 0.972 bits per heavy atom. The molecule has 212 valence electrons. The van der Waals surface area contributed by atoms with E-state index in [9.17, 15) is 9.59 Å². The zero-order chi connectivity index (χ0) is 26.9. The van der Waals surface area contributed by atoms with Crippen LogP contribution in [-0.2, 0) is 9.47 Å². The maximum absolute atomic E-state index is 11.8. The Kier molecular flexibility index (Phi) is 22.5. The molecule has 0 bridgehead atoms. The highest BCUT2D eigenvalue weighted by Gasteiger charge is 2.09.